The third-order valence-corrected chi connectivity index (χ3v) is 6.15. The number of hydrogen-bond donors (Lipinski definition) is 0. The van der Waals surface area contributed by atoms with Gasteiger partial charge >= 0.3 is 0 Å². The summed E-state index contributed by atoms with van der Waals surface area (Å²) >= 11 is 0. The fourth-order valence-electron chi connectivity index (χ4n) is 4.48. The fraction of sp³-hybridized carbons (Fsp3) is 1.00. The van der Waals surface area contributed by atoms with E-state index in [2.05, 4.69) is 51.6 Å². The first-order valence-electron chi connectivity index (χ1n) is 8.99. The molecule has 2 saturated heterocycles. The Labute approximate surface area is 132 Å². The molecule has 0 amide bonds. The molecular formula is C18H38N3+. The van der Waals surface area contributed by atoms with Crippen LogP contribution in [-0.4, -0.2) is 79.7 Å². The molecule has 124 valence electrons. The van der Waals surface area contributed by atoms with Crippen molar-refractivity contribution in [2.75, 3.05) is 59.9 Å². The highest BCUT2D eigenvalue weighted by Crippen LogP contribution is 2.30. The van der Waals surface area contributed by atoms with Gasteiger partial charge in [-0.1, -0.05) is 13.8 Å². The number of likely N-dealkylation sites (tertiary alicyclic amines) is 1. The molecule has 0 bridgehead atoms. The van der Waals surface area contributed by atoms with Crippen molar-refractivity contribution in [3.8, 4) is 0 Å². The van der Waals surface area contributed by atoms with Crippen LogP contribution in [0.25, 0.3) is 0 Å². The van der Waals surface area contributed by atoms with Crippen LogP contribution >= 0.6 is 0 Å². The van der Waals surface area contributed by atoms with Crippen molar-refractivity contribution in [3.05, 3.63) is 0 Å². The highest BCUT2D eigenvalue weighted by atomic mass is 15.4. The van der Waals surface area contributed by atoms with Crippen molar-refractivity contribution < 1.29 is 4.48 Å². The van der Waals surface area contributed by atoms with Gasteiger partial charge in [-0.2, -0.15) is 0 Å². The minimum Gasteiger partial charge on any atom is -0.325 e. The second-order valence-electron chi connectivity index (χ2n) is 8.91. The summed E-state index contributed by atoms with van der Waals surface area (Å²) in [6, 6.07) is 0. The molecule has 0 spiro atoms. The van der Waals surface area contributed by atoms with Gasteiger partial charge in [-0.15, -0.1) is 0 Å². The van der Waals surface area contributed by atoms with Crippen molar-refractivity contribution in [3.63, 3.8) is 0 Å². The predicted octanol–water partition coefficient (Wildman–Crippen LogP) is 2.53. The van der Waals surface area contributed by atoms with Crippen molar-refractivity contribution in [2.24, 2.45) is 11.8 Å². The van der Waals surface area contributed by atoms with Gasteiger partial charge in [-0.25, -0.2) is 0 Å². The molecule has 0 aliphatic carbocycles. The van der Waals surface area contributed by atoms with Gasteiger partial charge in [0.25, 0.3) is 0 Å². The maximum Gasteiger partial charge on any atom is 0.0966 e. The van der Waals surface area contributed by atoms with Gasteiger partial charge < -0.3 is 9.38 Å². The lowest BCUT2D eigenvalue weighted by Gasteiger charge is -2.50. The molecule has 0 aromatic carbocycles. The van der Waals surface area contributed by atoms with E-state index in [0.29, 0.717) is 5.54 Å². The van der Waals surface area contributed by atoms with Gasteiger partial charge in [0, 0.05) is 26.2 Å². The van der Waals surface area contributed by atoms with Crippen LogP contribution in [0.1, 0.15) is 40.5 Å². The Kier molecular flexibility index (Phi) is 5.38. The van der Waals surface area contributed by atoms with E-state index >= 15 is 0 Å². The van der Waals surface area contributed by atoms with Crippen LogP contribution in [0.2, 0.25) is 0 Å². The van der Waals surface area contributed by atoms with Crippen LogP contribution in [0.3, 0.4) is 0 Å². The number of piperidine rings is 1. The fourth-order valence-corrected chi connectivity index (χ4v) is 4.48. The molecule has 0 aromatic rings. The van der Waals surface area contributed by atoms with E-state index < -0.39 is 0 Å². The normalized spacial score (nSPS) is 33.6. The Bertz CT molecular complexity index is 321. The van der Waals surface area contributed by atoms with E-state index in [4.69, 9.17) is 0 Å². The molecule has 21 heavy (non-hydrogen) atoms. The Balaban J connectivity index is 1.90. The van der Waals surface area contributed by atoms with Crippen molar-refractivity contribution >= 4 is 0 Å². The third-order valence-electron chi connectivity index (χ3n) is 6.15. The minimum absolute atomic E-state index is 0.334. The average Bonchev–Trinajstić information content (AvgIpc) is 2.38. The molecule has 0 unspecified atom stereocenters. The summed E-state index contributed by atoms with van der Waals surface area (Å²) in [6.07, 6.45) is 2.85. The van der Waals surface area contributed by atoms with E-state index in [1.807, 2.05) is 0 Å². The number of piperazine rings is 1. The molecule has 2 aliphatic heterocycles. The van der Waals surface area contributed by atoms with Gasteiger partial charge in [0.15, 0.2) is 0 Å². The summed E-state index contributed by atoms with van der Waals surface area (Å²) in [5.74, 6) is 1.83. The number of likely N-dealkylation sites (N-methyl/N-ethyl adjacent to an activating group) is 2. The topological polar surface area (TPSA) is 6.48 Å². The average molecular weight is 297 g/mol. The molecule has 2 rings (SSSR count). The maximum atomic E-state index is 2.73. The molecule has 0 atom stereocenters. The van der Waals surface area contributed by atoms with Gasteiger partial charge in [0.05, 0.1) is 32.2 Å². The smallest absolute Gasteiger partial charge is 0.0966 e. The molecule has 0 saturated carbocycles. The first-order valence-corrected chi connectivity index (χ1v) is 8.99. The Morgan fingerprint density at radius 1 is 1.05 bits per heavy atom. The first kappa shape index (κ1) is 17.2. The highest BCUT2D eigenvalue weighted by Gasteiger charge is 2.39. The lowest BCUT2D eigenvalue weighted by atomic mass is 9.85. The SMILES string of the molecule is CC(C)C1CC[N+](C)(CC(C)(C)N2CCN(C)CC2)CC1. The Hall–Kier alpha value is -0.120. The summed E-state index contributed by atoms with van der Waals surface area (Å²) < 4.78 is 1.28. The highest BCUT2D eigenvalue weighted by molar-refractivity contribution is 4.86. The molecule has 0 radical (unpaired) electrons. The zero-order chi connectivity index (χ0) is 15.7. The van der Waals surface area contributed by atoms with Crippen LogP contribution in [-0.2, 0) is 0 Å². The van der Waals surface area contributed by atoms with Crippen molar-refractivity contribution in [1.82, 2.24) is 9.80 Å². The minimum atomic E-state index is 0.334. The predicted molar refractivity (Wildman–Crippen MR) is 91.5 cm³/mol. The van der Waals surface area contributed by atoms with Gasteiger partial charge in [0.2, 0.25) is 0 Å². The molecule has 2 heterocycles. The summed E-state index contributed by atoms with van der Waals surface area (Å²) in [5.41, 5.74) is 0.334. The van der Waals surface area contributed by atoms with Crippen LogP contribution in [0.5, 0.6) is 0 Å². The molecule has 3 nitrogen and oxygen atoms in total. The van der Waals surface area contributed by atoms with Gasteiger partial charge in [-0.3, -0.25) is 4.90 Å². The zero-order valence-corrected chi connectivity index (χ0v) is 15.4. The number of nitrogens with zero attached hydrogens (tertiary/aromatic N) is 3. The summed E-state index contributed by atoms with van der Waals surface area (Å²) in [4.78, 5) is 5.18. The quantitative estimate of drug-likeness (QED) is 0.736. The van der Waals surface area contributed by atoms with E-state index in [1.54, 1.807) is 0 Å². The molecule has 2 fully saturated rings. The van der Waals surface area contributed by atoms with Crippen molar-refractivity contribution in [2.45, 2.75) is 46.1 Å². The molecule has 2 aliphatic rings. The molecule has 0 N–H and O–H groups in total. The van der Waals surface area contributed by atoms with Gasteiger partial charge in [-0.05, 0) is 45.6 Å². The summed E-state index contributed by atoms with van der Waals surface area (Å²) in [5, 5.41) is 0. The summed E-state index contributed by atoms with van der Waals surface area (Å²) in [7, 11) is 4.74. The zero-order valence-electron chi connectivity index (χ0n) is 15.4. The number of hydrogen-bond acceptors (Lipinski definition) is 2. The van der Waals surface area contributed by atoms with E-state index in [9.17, 15) is 0 Å². The lowest BCUT2D eigenvalue weighted by Crippen LogP contribution is -2.63. The number of quaternary nitrogens is 1. The van der Waals surface area contributed by atoms with Crippen LogP contribution in [0.4, 0.5) is 0 Å². The van der Waals surface area contributed by atoms with Crippen LogP contribution in [0, 0.1) is 11.8 Å². The van der Waals surface area contributed by atoms with E-state index in [-0.39, 0.29) is 0 Å². The standard InChI is InChI=1S/C18H38N3/c1-16(2)17-7-13-21(6,14-8-17)15-18(3,4)20-11-9-19(5)10-12-20/h16-17H,7-15H2,1-6H3/q+1. The second kappa shape index (κ2) is 6.55. The van der Waals surface area contributed by atoms with Gasteiger partial charge in [0.1, 0.15) is 0 Å². The van der Waals surface area contributed by atoms with E-state index in [1.165, 1.54) is 63.1 Å². The Morgan fingerprint density at radius 2 is 1.57 bits per heavy atom. The van der Waals surface area contributed by atoms with Crippen molar-refractivity contribution in [1.29, 1.82) is 0 Å². The summed E-state index contributed by atoms with van der Waals surface area (Å²) in [6.45, 7) is 18.7. The molecule has 3 heteroatoms. The van der Waals surface area contributed by atoms with Crippen LogP contribution in [0.15, 0.2) is 0 Å². The second-order valence-corrected chi connectivity index (χ2v) is 8.91. The monoisotopic (exact) mass is 296 g/mol. The lowest BCUT2D eigenvalue weighted by molar-refractivity contribution is -0.919. The first-order chi connectivity index (χ1) is 9.72. The third kappa shape index (κ3) is 4.43. The maximum absolute atomic E-state index is 2.73. The Morgan fingerprint density at radius 3 is 2.05 bits per heavy atom. The number of rotatable bonds is 4. The molecular weight excluding hydrogens is 258 g/mol. The van der Waals surface area contributed by atoms with Crippen LogP contribution < -0.4 is 0 Å². The van der Waals surface area contributed by atoms with E-state index in [0.717, 1.165) is 11.8 Å². The molecule has 0 aromatic heterocycles. The largest absolute Gasteiger partial charge is 0.325 e.